The lowest BCUT2D eigenvalue weighted by Gasteiger charge is -2.34. The second-order valence-corrected chi connectivity index (χ2v) is 5.56. The first-order chi connectivity index (χ1) is 11.5. The monoisotopic (exact) mass is 325 g/mol. The molecule has 2 aromatic rings. The van der Waals surface area contributed by atoms with Gasteiger partial charge in [-0.05, 0) is 23.3 Å². The quantitative estimate of drug-likeness (QED) is 0.868. The minimum Gasteiger partial charge on any atom is -0.480 e. The Morgan fingerprint density at radius 1 is 1.12 bits per heavy atom. The molecule has 7 heteroatoms. The van der Waals surface area contributed by atoms with E-state index in [1.165, 1.54) is 23.2 Å². The summed E-state index contributed by atoms with van der Waals surface area (Å²) in [4.78, 5) is 40.6. The van der Waals surface area contributed by atoms with Crippen LogP contribution in [0.25, 0.3) is 0 Å². The number of pyridine rings is 1. The first-order valence-corrected chi connectivity index (χ1v) is 7.34. The number of fused-ring (bicyclic) bond motifs is 1. The number of hydrogen-bond donors (Lipinski definition) is 2. The third-order valence-electron chi connectivity index (χ3n) is 4.06. The molecule has 2 heterocycles. The first-order valence-electron chi connectivity index (χ1n) is 7.34. The predicted molar refractivity (Wildman–Crippen MR) is 84.2 cm³/mol. The number of carbonyl (C=O) groups is 3. The highest BCUT2D eigenvalue weighted by atomic mass is 16.4. The number of aliphatic carboxylic acids is 1. The SMILES string of the molecule is NC(=O)c1ccc(C(=O)N2Cc3ccccc3C[C@@H]2C(=O)O)nc1. The fraction of sp³-hybridized carbons (Fsp3) is 0.176. The highest BCUT2D eigenvalue weighted by Gasteiger charge is 2.35. The lowest BCUT2D eigenvalue weighted by atomic mass is 9.93. The van der Waals surface area contributed by atoms with E-state index in [0.717, 1.165) is 11.1 Å². The van der Waals surface area contributed by atoms with Crippen LogP contribution < -0.4 is 5.73 Å². The molecule has 0 bridgehead atoms. The third kappa shape index (κ3) is 2.83. The Labute approximate surface area is 137 Å². The summed E-state index contributed by atoms with van der Waals surface area (Å²) in [5, 5.41) is 9.47. The molecule has 1 aliphatic rings. The molecule has 122 valence electrons. The molecule has 1 aliphatic heterocycles. The van der Waals surface area contributed by atoms with E-state index in [-0.39, 0.29) is 24.2 Å². The predicted octanol–water partition coefficient (Wildman–Crippen LogP) is 0.832. The number of carboxylic acids is 1. The van der Waals surface area contributed by atoms with Gasteiger partial charge in [0.25, 0.3) is 5.91 Å². The second kappa shape index (κ2) is 6.11. The van der Waals surface area contributed by atoms with Crippen LogP contribution >= 0.6 is 0 Å². The Balaban J connectivity index is 1.92. The number of aromatic nitrogens is 1. The van der Waals surface area contributed by atoms with Crippen LogP contribution in [0.5, 0.6) is 0 Å². The van der Waals surface area contributed by atoms with Crippen LogP contribution in [0.15, 0.2) is 42.6 Å². The van der Waals surface area contributed by atoms with Gasteiger partial charge in [-0.1, -0.05) is 24.3 Å². The normalized spacial score (nSPS) is 16.3. The molecule has 1 aromatic carbocycles. The summed E-state index contributed by atoms with van der Waals surface area (Å²) in [7, 11) is 0. The third-order valence-corrected chi connectivity index (χ3v) is 4.06. The number of amides is 2. The van der Waals surface area contributed by atoms with E-state index in [9.17, 15) is 19.5 Å². The van der Waals surface area contributed by atoms with Gasteiger partial charge >= 0.3 is 5.97 Å². The summed E-state index contributed by atoms with van der Waals surface area (Å²) in [5.74, 6) is -2.20. The van der Waals surface area contributed by atoms with Gasteiger partial charge in [0.1, 0.15) is 11.7 Å². The first kappa shape index (κ1) is 15.7. The van der Waals surface area contributed by atoms with Gasteiger partial charge in [-0.15, -0.1) is 0 Å². The summed E-state index contributed by atoms with van der Waals surface area (Å²) in [6, 6.07) is 9.26. The Morgan fingerprint density at radius 2 is 1.83 bits per heavy atom. The van der Waals surface area contributed by atoms with Crippen LogP contribution in [0.4, 0.5) is 0 Å². The molecule has 0 aliphatic carbocycles. The Morgan fingerprint density at radius 3 is 2.42 bits per heavy atom. The minimum absolute atomic E-state index is 0.0747. The van der Waals surface area contributed by atoms with E-state index < -0.39 is 23.8 Å². The molecule has 3 N–H and O–H groups in total. The summed E-state index contributed by atoms with van der Waals surface area (Å²) in [6.45, 7) is 0.200. The summed E-state index contributed by atoms with van der Waals surface area (Å²) < 4.78 is 0. The molecule has 1 atom stereocenters. The van der Waals surface area contributed by atoms with Gasteiger partial charge in [0.05, 0.1) is 5.56 Å². The van der Waals surface area contributed by atoms with E-state index in [1.54, 1.807) is 0 Å². The molecule has 0 unspecified atom stereocenters. The van der Waals surface area contributed by atoms with Crippen molar-refractivity contribution >= 4 is 17.8 Å². The van der Waals surface area contributed by atoms with Crippen molar-refractivity contribution in [2.24, 2.45) is 5.73 Å². The van der Waals surface area contributed by atoms with E-state index in [1.807, 2.05) is 24.3 Å². The Kier molecular flexibility index (Phi) is 3.99. The molecule has 0 saturated heterocycles. The van der Waals surface area contributed by atoms with Crippen molar-refractivity contribution in [1.29, 1.82) is 0 Å². The fourth-order valence-electron chi connectivity index (χ4n) is 2.77. The van der Waals surface area contributed by atoms with Gasteiger partial charge in [0, 0.05) is 19.2 Å². The van der Waals surface area contributed by atoms with Crippen molar-refractivity contribution in [3.05, 3.63) is 65.0 Å². The van der Waals surface area contributed by atoms with Gasteiger partial charge in [0.15, 0.2) is 0 Å². The number of nitrogens with two attached hydrogens (primary N) is 1. The average Bonchev–Trinajstić information content (AvgIpc) is 2.60. The number of rotatable bonds is 3. The number of carboxylic acid groups (broad SMARTS) is 1. The van der Waals surface area contributed by atoms with Crippen LogP contribution in [-0.2, 0) is 17.8 Å². The van der Waals surface area contributed by atoms with Crippen LogP contribution in [0.2, 0.25) is 0 Å². The maximum atomic E-state index is 12.7. The summed E-state index contributed by atoms with van der Waals surface area (Å²) in [5.41, 5.74) is 7.24. The van der Waals surface area contributed by atoms with E-state index in [4.69, 9.17) is 5.73 Å². The van der Waals surface area contributed by atoms with Crippen molar-refractivity contribution in [2.45, 2.75) is 19.0 Å². The standard InChI is InChI=1S/C17H15N3O4/c18-15(21)11-5-6-13(19-8-11)16(22)20-9-12-4-2-1-3-10(12)7-14(20)17(23)24/h1-6,8,14H,7,9H2,(H2,18,21)(H,23,24)/t14-/m1/s1. The van der Waals surface area contributed by atoms with Gasteiger partial charge < -0.3 is 15.7 Å². The number of nitrogens with zero attached hydrogens (tertiary/aromatic N) is 2. The van der Waals surface area contributed by atoms with E-state index in [0.29, 0.717) is 0 Å². The van der Waals surface area contributed by atoms with Gasteiger partial charge in [-0.3, -0.25) is 14.6 Å². The number of primary amides is 1. The molecule has 0 radical (unpaired) electrons. The molecular formula is C17H15N3O4. The van der Waals surface area contributed by atoms with Crippen LogP contribution in [0.3, 0.4) is 0 Å². The largest absolute Gasteiger partial charge is 0.480 e. The lowest BCUT2D eigenvalue weighted by Crippen LogP contribution is -2.48. The number of hydrogen-bond acceptors (Lipinski definition) is 4. The molecule has 24 heavy (non-hydrogen) atoms. The molecule has 1 aromatic heterocycles. The zero-order chi connectivity index (χ0) is 17.3. The van der Waals surface area contributed by atoms with Crippen LogP contribution in [0.1, 0.15) is 32.0 Å². The molecular weight excluding hydrogens is 310 g/mol. The second-order valence-electron chi connectivity index (χ2n) is 5.56. The highest BCUT2D eigenvalue weighted by Crippen LogP contribution is 2.24. The van der Waals surface area contributed by atoms with Crippen LogP contribution in [-0.4, -0.2) is 38.8 Å². The zero-order valence-electron chi connectivity index (χ0n) is 12.7. The molecule has 3 rings (SSSR count). The highest BCUT2D eigenvalue weighted by molar-refractivity contribution is 5.97. The van der Waals surface area contributed by atoms with E-state index in [2.05, 4.69) is 4.98 Å². The van der Waals surface area contributed by atoms with Gasteiger partial charge in [0.2, 0.25) is 5.91 Å². The van der Waals surface area contributed by atoms with Crippen molar-refractivity contribution in [2.75, 3.05) is 0 Å². The van der Waals surface area contributed by atoms with Crippen molar-refractivity contribution in [1.82, 2.24) is 9.88 Å². The maximum absolute atomic E-state index is 12.7. The Hall–Kier alpha value is -3.22. The summed E-state index contributed by atoms with van der Waals surface area (Å²) in [6.07, 6.45) is 1.46. The molecule has 2 amide bonds. The lowest BCUT2D eigenvalue weighted by molar-refractivity contribution is -0.142. The van der Waals surface area contributed by atoms with Crippen molar-refractivity contribution in [3.63, 3.8) is 0 Å². The molecule has 0 saturated carbocycles. The topological polar surface area (TPSA) is 114 Å². The molecule has 0 spiro atoms. The minimum atomic E-state index is -1.06. The molecule has 7 nitrogen and oxygen atoms in total. The molecule has 0 fully saturated rings. The van der Waals surface area contributed by atoms with Crippen LogP contribution in [0, 0.1) is 0 Å². The maximum Gasteiger partial charge on any atom is 0.326 e. The zero-order valence-corrected chi connectivity index (χ0v) is 12.7. The van der Waals surface area contributed by atoms with Crippen molar-refractivity contribution < 1.29 is 19.5 Å². The number of carbonyl (C=O) groups excluding carboxylic acids is 2. The van der Waals surface area contributed by atoms with Gasteiger partial charge in [-0.25, -0.2) is 4.79 Å². The fourth-order valence-corrected chi connectivity index (χ4v) is 2.77. The smallest absolute Gasteiger partial charge is 0.326 e. The average molecular weight is 325 g/mol. The summed E-state index contributed by atoms with van der Waals surface area (Å²) >= 11 is 0. The Bertz CT molecular complexity index is 817. The van der Waals surface area contributed by atoms with Crippen molar-refractivity contribution in [3.8, 4) is 0 Å². The number of benzene rings is 1. The van der Waals surface area contributed by atoms with Gasteiger partial charge in [-0.2, -0.15) is 0 Å². The van der Waals surface area contributed by atoms with E-state index >= 15 is 0 Å².